The van der Waals surface area contributed by atoms with E-state index in [0.29, 0.717) is 30.1 Å². The van der Waals surface area contributed by atoms with Gasteiger partial charge in [-0.05, 0) is 37.1 Å². The van der Waals surface area contributed by atoms with E-state index in [-0.39, 0.29) is 0 Å². The van der Waals surface area contributed by atoms with Gasteiger partial charge in [-0.2, -0.15) is 10.1 Å². The Labute approximate surface area is 138 Å². The van der Waals surface area contributed by atoms with E-state index in [1.54, 1.807) is 24.6 Å². The van der Waals surface area contributed by atoms with Gasteiger partial charge in [0, 0.05) is 25.3 Å². The first-order valence-electron chi connectivity index (χ1n) is 8.02. The minimum absolute atomic E-state index is 0.397. The van der Waals surface area contributed by atoms with Gasteiger partial charge in [-0.25, -0.2) is 0 Å². The Balaban J connectivity index is 1.32. The molecule has 1 saturated heterocycles. The molecule has 0 aromatic carbocycles. The van der Waals surface area contributed by atoms with Crippen LogP contribution in [0, 0.1) is 0 Å². The molecule has 3 aromatic heterocycles. The van der Waals surface area contributed by atoms with Crippen LogP contribution in [0.15, 0.2) is 45.7 Å². The number of nitrogens with one attached hydrogen (secondary N) is 1. The molecule has 8 nitrogen and oxygen atoms in total. The highest BCUT2D eigenvalue weighted by Gasteiger charge is 2.25. The number of aromatic nitrogens is 4. The summed E-state index contributed by atoms with van der Waals surface area (Å²) in [6, 6.07) is 7.91. The molecular formula is C16H18N6O2. The van der Waals surface area contributed by atoms with Gasteiger partial charge in [0.05, 0.1) is 12.8 Å². The monoisotopic (exact) mass is 326 g/mol. The topological polar surface area (TPSA) is 93.1 Å². The second-order valence-corrected chi connectivity index (χ2v) is 5.69. The maximum atomic E-state index is 5.26. The van der Waals surface area contributed by atoms with Crippen LogP contribution in [0.2, 0.25) is 0 Å². The van der Waals surface area contributed by atoms with E-state index < -0.39 is 0 Å². The van der Waals surface area contributed by atoms with Crippen LogP contribution in [0.25, 0.3) is 11.6 Å². The van der Waals surface area contributed by atoms with Crippen LogP contribution < -0.4 is 10.2 Å². The summed E-state index contributed by atoms with van der Waals surface area (Å²) in [4.78, 5) is 6.62. The summed E-state index contributed by atoms with van der Waals surface area (Å²) < 4.78 is 10.5. The van der Waals surface area contributed by atoms with Gasteiger partial charge in [-0.3, -0.25) is 0 Å². The Kier molecular flexibility index (Phi) is 4.20. The van der Waals surface area contributed by atoms with Crippen molar-refractivity contribution < 1.29 is 8.94 Å². The molecule has 8 heteroatoms. The predicted molar refractivity (Wildman–Crippen MR) is 86.1 cm³/mol. The van der Waals surface area contributed by atoms with Gasteiger partial charge in [-0.15, -0.1) is 5.10 Å². The van der Waals surface area contributed by atoms with Crippen molar-refractivity contribution in [2.45, 2.75) is 25.4 Å². The average Bonchev–Trinajstić information content (AvgIpc) is 3.37. The fraction of sp³-hybridized carbons (Fsp3) is 0.375. The molecule has 1 aliphatic rings. The third-order valence-electron chi connectivity index (χ3n) is 4.10. The highest BCUT2D eigenvalue weighted by molar-refractivity contribution is 5.44. The molecule has 0 amide bonds. The summed E-state index contributed by atoms with van der Waals surface area (Å²) in [5.41, 5.74) is 0. The molecule has 124 valence electrons. The van der Waals surface area contributed by atoms with Gasteiger partial charge >= 0.3 is 0 Å². The molecule has 4 rings (SSSR count). The van der Waals surface area contributed by atoms with Crippen molar-refractivity contribution in [1.82, 2.24) is 25.7 Å². The average molecular weight is 326 g/mol. The van der Waals surface area contributed by atoms with Crippen LogP contribution in [0.4, 0.5) is 5.82 Å². The van der Waals surface area contributed by atoms with Crippen molar-refractivity contribution >= 4 is 5.82 Å². The van der Waals surface area contributed by atoms with Crippen LogP contribution >= 0.6 is 0 Å². The van der Waals surface area contributed by atoms with Crippen LogP contribution in [0.3, 0.4) is 0 Å². The molecule has 0 unspecified atom stereocenters. The van der Waals surface area contributed by atoms with Crippen molar-refractivity contribution in [2.24, 2.45) is 0 Å². The summed E-state index contributed by atoms with van der Waals surface area (Å²) in [6.07, 6.45) is 5.57. The third kappa shape index (κ3) is 3.13. The first-order valence-corrected chi connectivity index (χ1v) is 8.02. The molecule has 0 saturated carbocycles. The second-order valence-electron chi connectivity index (χ2n) is 5.69. The SMILES string of the molecule is c1cnnc(N2CCC[C@@H]2CNCc2nc(-c3ccco3)no2)c1. The van der Waals surface area contributed by atoms with Crippen LogP contribution in [0.5, 0.6) is 0 Å². The van der Waals surface area contributed by atoms with Gasteiger partial charge in [-0.1, -0.05) is 5.16 Å². The number of rotatable bonds is 6. The Hall–Kier alpha value is -2.74. The number of anilines is 1. The number of nitrogens with zero attached hydrogens (tertiary/aromatic N) is 5. The minimum Gasteiger partial charge on any atom is -0.461 e. The first-order chi connectivity index (χ1) is 11.9. The molecule has 0 aliphatic carbocycles. The lowest BCUT2D eigenvalue weighted by molar-refractivity contribution is 0.364. The summed E-state index contributed by atoms with van der Waals surface area (Å²) in [5.74, 6) is 2.55. The Morgan fingerprint density at radius 3 is 3.12 bits per heavy atom. The molecule has 1 aliphatic heterocycles. The predicted octanol–water partition coefficient (Wildman–Crippen LogP) is 1.88. The molecule has 0 bridgehead atoms. The summed E-state index contributed by atoms with van der Waals surface area (Å²) >= 11 is 0. The Morgan fingerprint density at radius 2 is 2.29 bits per heavy atom. The molecule has 0 spiro atoms. The van der Waals surface area contributed by atoms with Crippen LogP contribution in [0.1, 0.15) is 18.7 Å². The van der Waals surface area contributed by atoms with E-state index in [4.69, 9.17) is 8.94 Å². The number of hydrogen-bond donors (Lipinski definition) is 1. The number of hydrogen-bond acceptors (Lipinski definition) is 8. The maximum absolute atomic E-state index is 5.26. The summed E-state index contributed by atoms with van der Waals surface area (Å²) in [7, 11) is 0. The minimum atomic E-state index is 0.397. The Bertz CT molecular complexity index is 758. The van der Waals surface area contributed by atoms with E-state index in [1.807, 2.05) is 12.1 Å². The van der Waals surface area contributed by atoms with Crippen LogP contribution in [-0.2, 0) is 6.54 Å². The van der Waals surface area contributed by atoms with Crippen molar-refractivity contribution in [1.29, 1.82) is 0 Å². The fourth-order valence-electron chi connectivity index (χ4n) is 2.97. The van der Waals surface area contributed by atoms with E-state index in [1.165, 1.54) is 0 Å². The van der Waals surface area contributed by atoms with E-state index >= 15 is 0 Å². The van der Waals surface area contributed by atoms with E-state index in [0.717, 1.165) is 31.7 Å². The third-order valence-corrected chi connectivity index (χ3v) is 4.10. The van der Waals surface area contributed by atoms with Gasteiger partial charge in [0.1, 0.15) is 0 Å². The maximum Gasteiger partial charge on any atom is 0.241 e. The molecule has 24 heavy (non-hydrogen) atoms. The van der Waals surface area contributed by atoms with Crippen molar-refractivity contribution in [3.05, 3.63) is 42.6 Å². The lowest BCUT2D eigenvalue weighted by Crippen LogP contribution is -2.38. The molecule has 1 atom stereocenters. The zero-order valence-electron chi connectivity index (χ0n) is 13.1. The van der Waals surface area contributed by atoms with Crippen molar-refractivity contribution in [3.8, 4) is 11.6 Å². The van der Waals surface area contributed by atoms with Crippen molar-refractivity contribution in [2.75, 3.05) is 18.0 Å². The zero-order valence-corrected chi connectivity index (χ0v) is 13.1. The lowest BCUT2D eigenvalue weighted by Gasteiger charge is -2.25. The normalized spacial score (nSPS) is 17.5. The van der Waals surface area contributed by atoms with Gasteiger partial charge in [0.15, 0.2) is 11.6 Å². The molecule has 1 N–H and O–H groups in total. The molecular weight excluding hydrogens is 308 g/mol. The van der Waals surface area contributed by atoms with Gasteiger partial charge in [0.25, 0.3) is 0 Å². The lowest BCUT2D eigenvalue weighted by atomic mass is 10.2. The quantitative estimate of drug-likeness (QED) is 0.734. The molecule has 1 fully saturated rings. The van der Waals surface area contributed by atoms with Crippen molar-refractivity contribution in [3.63, 3.8) is 0 Å². The molecule has 0 radical (unpaired) electrons. The van der Waals surface area contributed by atoms with Gasteiger partial charge in [0.2, 0.25) is 11.7 Å². The van der Waals surface area contributed by atoms with E-state index in [9.17, 15) is 0 Å². The summed E-state index contributed by atoms with van der Waals surface area (Å²) in [5, 5.41) is 15.5. The zero-order chi connectivity index (χ0) is 16.2. The van der Waals surface area contributed by atoms with Gasteiger partial charge < -0.3 is 19.2 Å². The number of furan rings is 1. The second kappa shape index (κ2) is 6.79. The highest BCUT2D eigenvalue weighted by Crippen LogP contribution is 2.22. The molecule has 3 aromatic rings. The first kappa shape index (κ1) is 14.8. The standard InChI is InChI=1S/C16H18N6O2/c1-6-14(20-18-7-1)22-8-2-4-12(22)10-17-11-15-19-16(21-24-15)13-5-3-9-23-13/h1,3,5-7,9,12,17H,2,4,8,10-11H2/t12-/m1/s1. The largest absolute Gasteiger partial charge is 0.461 e. The van der Waals surface area contributed by atoms with Crippen LogP contribution in [-0.4, -0.2) is 39.5 Å². The summed E-state index contributed by atoms with van der Waals surface area (Å²) in [6.45, 7) is 2.36. The molecule has 4 heterocycles. The fourth-order valence-corrected chi connectivity index (χ4v) is 2.97. The highest BCUT2D eigenvalue weighted by atomic mass is 16.5. The smallest absolute Gasteiger partial charge is 0.241 e. The Morgan fingerprint density at radius 1 is 1.29 bits per heavy atom. The van der Waals surface area contributed by atoms with E-state index in [2.05, 4.69) is 30.6 Å².